The van der Waals surface area contributed by atoms with Crippen LogP contribution >= 0.6 is 0 Å². The summed E-state index contributed by atoms with van der Waals surface area (Å²) in [4.78, 5) is 0.367. The quantitative estimate of drug-likeness (QED) is 0.874. The Morgan fingerprint density at radius 1 is 1.37 bits per heavy atom. The number of nitrogens with one attached hydrogen (secondary N) is 1. The molecule has 0 aromatic carbocycles. The Morgan fingerprint density at radius 2 is 2.05 bits per heavy atom. The molecule has 1 aliphatic rings. The van der Waals surface area contributed by atoms with Crippen LogP contribution in [-0.4, -0.2) is 48.7 Å². The van der Waals surface area contributed by atoms with E-state index in [0.29, 0.717) is 29.4 Å². The van der Waals surface area contributed by atoms with Gasteiger partial charge in [-0.05, 0) is 33.7 Å². The van der Waals surface area contributed by atoms with Gasteiger partial charge in [0, 0.05) is 26.2 Å². The van der Waals surface area contributed by atoms with E-state index in [1.54, 1.807) is 29.9 Å². The molecule has 108 valence electrons. The minimum atomic E-state index is -3.44. The zero-order valence-corrected chi connectivity index (χ0v) is 12.8. The minimum absolute atomic E-state index is 0.237. The average molecular weight is 286 g/mol. The summed E-state index contributed by atoms with van der Waals surface area (Å²) >= 11 is 0. The van der Waals surface area contributed by atoms with Crippen LogP contribution in [0.25, 0.3) is 0 Å². The van der Waals surface area contributed by atoms with Crippen LogP contribution < -0.4 is 5.32 Å². The highest BCUT2D eigenvalue weighted by Crippen LogP contribution is 2.25. The largest absolute Gasteiger partial charge is 0.316 e. The third-order valence-corrected chi connectivity index (χ3v) is 5.95. The normalized spacial score (nSPS) is 21.8. The molecule has 1 N–H and O–H groups in total. The molecule has 0 saturated carbocycles. The van der Waals surface area contributed by atoms with E-state index in [2.05, 4.69) is 10.4 Å². The van der Waals surface area contributed by atoms with Crippen LogP contribution in [-0.2, 0) is 17.1 Å². The van der Waals surface area contributed by atoms with Gasteiger partial charge < -0.3 is 5.32 Å². The lowest BCUT2D eigenvalue weighted by Gasteiger charge is -2.31. The molecule has 6 nitrogen and oxygen atoms in total. The van der Waals surface area contributed by atoms with Crippen molar-refractivity contribution in [2.24, 2.45) is 7.05 Å². The van der Waals surface area contributed by atoms with Gasteiger partial charge in [0.05, 0.1) is 11.4 Å². The summed E-state index contributed by atoms with van der Waals surface area (Å²) < 4.78 is 28.7. The number of piperidine rings is 1. The van der Waals surface area contributed by atoms with Gasteiger partial charge in [0.15, 0.2) is 0 Å². The van der Waals surface area contributed by atoms with Gasteiger partial charge in [-0.2, -0.15) is 9.40 Å². The van der Waals surface area contributed by atoms with Crippen LogP contribution in [0.1, 0.15) is 24.2 Å². The summed E-state index contributed by atoms with van der Waals surface area (Å²) in [6.45, 7) is 4.67. The highest BCUT2D eigenvalue weighted by Gasteiger charge is 2.33. The second kappa shape index (κ2) is 5.22. The third kappa shape index (κ3) is 2.54. The molecule has 2 heterocycles. The highest BCUT2D eigenvalue weighted by atomic mass is 32.2. The lowest BCUT2D eigenvalue weighted by Crippen LogP contribution is -2.47. The Labute approximate surface area is 114 Å². The Bertz CT molecular complexity index is 565. The zero-order chi connectivity index (χ0) is 14.2. The van der Waals surface area contributed by atoms with Crippen molar-refractivity contribution in [1.29, 1.82) is 0 Å². The van der Waals surface area contributed by atoms with Crippen molar-refractivity contribution in [2.45, 2.75) is 37.6 Å². The topological polar surface area (TPSA) is 67.2 Å². The van der Waals surface area contributed by atoms with Gasteiger partial charge in [-0.15, -0.1) is 0 Å². The number of likely N-dealkylation sites (N-methyl/N-ethyl adjacent to an activating group) is 1. The lowest BCUT2D eigenvalue weighted by molar-refractivity contribution is 0.292. The van der Waals surface area contributed by atoms with Gasteiger partial charge in [-0.3, -0.25) is 4.68 Å². The number of rotatable bonds is 3. The lowest BCUT2D eigenvalue weighted by atomic mass is 10.1. The van der Waals surface area contributed by atoms with Gasteiger partial charge in [0.25, 0.3) is 0 Å². The number of aromatic nitrogens is 2. The van der Waals surface area contributed by atoms with Crippen LogP contribution in [0.3, 0.4) is 0 Å². The molecule has 7 heteroatoms. The second-order valence-corrected chi connectivity index (χ2v) is 6.99. The zero-order valence-electron chi connectivity index (χ0n) is 12.0. The summed E-state index contributed by atoms with van der Waals surface area (Å²) in [6, 6.07) is 0.237. The molecule has 19 heavy (non-hydrogen) atoms. The van der Waals surface area contributed by atoms with Crippen molar-refractivity contribution in [2.75, 3.05) is 20.1 Å². The van der Waals surface area contributed by atoms with Crippen LogP contribution in [0.4, 0.5) is 0 Å². The number of hydrogen-bond donors (Lipinski definition) is 1. The van der Waals surface area contributed by atoms with E-state index >= 15 is 0 Å². The van der Waals surface area contributed by atoms with Crippen LogP contribution in [0.2, 0.25) is 0 Å². The fraction of sp³-hybridized carbons (Fsp3) is 0.750. The Morgan fingerprint density at radius 3 is 2.58 bits per heavy atom. The van der Waals surface area contributed by atoms with Crippen LogP contribution in [0.15, 0.2) is 4.90 Å². The first-order valence-corrected chi connectivity index (χ1v) is 7.99. The maximum absolute atomic E-state index is 12.7. The van der Waals surface area contributed by atoms with Crippen molar-refractivity contribution >= 4 is 10.0 Å². The maximum Gasteiger partial charge on any atom is 0.246 e. The first-order chi connectivity index (χ1) is 8.87. The fourth-order valence-electron chi connectivity index (χ4n) is 2.65. The Hall–Kier alpha value is -0.920. The van der Waals surface area contributed by atoms with E-state index < -0.39 is 10.0 Å². The number of sulfonamides is 1. The smallest absolute Gasteiger partial charge is 0.246 e. The summed E-state index contributed by atoms with van der Waals surface area (Å²) in [5.41, 5.74) is 1.27. The SMILES string of the molecule is CNC1CCCN(S(=O)(=O)c2c(C)nn(C)c2C)C1. The molecule has 1 unspecified atom stereocenters. The highest BCUT2D eigenvalue weighted by molar-refractivity contribution is 7.89. The Kier molecular flexibility index (Phi) is 3.98. The van der Waals surface area contributed by atoms with Gasteiger partial charge in [0.2, 0.25) is 10.0 Å². The molecule has 1 aromatic rings. The standard InChI is InChI=1S/C12H22N4O2S/c1-9-12(10(2)15(4)14-9)19(17,18)16-7-5-6-11(8-16)13-3/h11,13H,5-8H2,1-4H3. The summed E-state index contributed by atoms with van der Waals surface area (Å²) in [6.07, 6.45) is 1.91. The van der Waals surface area contributed by atoms with E-state index in [4.69, 9.17) is 0 Å². The van der Waals surface area contributed by atoms with Gasteiger partial charge >= 0.3 is 0 Å². The molecule has 1 aliphatic heterocycles. The first kappa shape index (κ1) is 14.5. The predicted molar refractivity (Wildman–Crippen MR) is 73.5 cm³/mol. The van der Waals surface area contributed by atoms with Gasteiger partial charge in [-0.25, -0.2) is 8.42 Å². The van der Waals surface area contributed by atoms with Crippen molar-refractivity contribution in [1.82, 2.24) is 19.4 Å². The maximum atomic E-state index is 12.7. The van der Waals surface area contributed by atoms with Crippen molar-refractivity contribution in [3.8, 4) is 0 Å². The van der Waals surface area contributed by atoms with E-state index in [1.807, 2.05) is 7.05 Å². The van der Waals surface area contributed by atoms with Crippen molar-refractivity contribution < 1.29 is 8.42 Å². The minimum Gasteiger partial charge on any atom is -0.316 e. The van der Waals surface area contributed by atoms with Crippen molar-refractivity contribution in [3.05, 3.63) is 11.4 Å². The second-order valence-electron chi connectivity index (χ2n) is 5.11. The summed E-state index contributed by atoms with van der Waals surface area (Å²) in [5, 5.41) is 7.37. The molecule has 0 bridgehead atoms. The molecule has 0 amide bonds. The number of hydrogen-bond acceptors (Lipinski definition) is 4. The van der Waals surface area contributed by atoms with Crippen LogP contribution in [0, 0.1) is 13.8 Å². The van der Waals surface area contributed by atoms with Crippen molar-refractivity contribution in [3.63, 3.8) is 0 Å². The van der Waals surface area contributed by atoms with Crippen LogP contribution in [0.5, 0.6) is 0 Å². The van der Waals surface area contributed by atoms with Gasteiger partial charge in [0.1, 0.15) is 4.90 Å². The molecule has 0 aliphatic carbocycles. The van der Waals surface area contributed by atoms with E-state index in [0.717, 1.165) is 12.8 Å². The summed E-state index contributed by atoms with van der Waals surface area (Å²) in [7, 11) is 0.213. The summed E-state index contributed by atoms with van der Waals surface area (Å²) in [5.74, 6) is 0. The molecule has 1 saturated heterocycles. The monoisotopic (exact) mass is 286 g/mol. The molecule has 1 atom stereocenters. The number of nitrogens with zero attached hydrogens (tertiary/aromatic N) is 3. The van der Waals surface area contributed by atoms with E-state index in [1.165, 1.54) is 0 Å². The van der Waals surface area contributed by atoms with Gasteiger partial charge in [-0.1, -0.05) is 0 Å². The first-order valence-electron chi connectivity index (χ1n) is 6.55. The van der Waals surface area contributed by atoms with E-state index in [9.17, 15) is 8.42 Å². The third-order valence-electron chi connectivity index (χ3n) is 3.83. The molecule has 1 fully saturated rings. The predicted octanol–water partition coefficient (Wildman–Crippen LogP) is 0.409. The molecule has 1 aromatic heterocycles. The Balaban J connectivity index is 2.37. The molecular formula is C12H22N4O2S. The fourth-order valence-corrected chi connectivity index (χ4v) is 4.58. The molecule has 0 radical (unpaired) electrons. The molecule has 0 spiro atoms. The average Bonchev–Trinajstić information content (AvgIpc) is 2.63. The molecule has 2 rings (SSSR count). The molecular weight excluding hydrogens is 264 g/mol. The van der Waals surface area contributed by atoms with E-state index in [-0.39, 0.29) is 6.04 Å². The number of aryl methyl sites for hydroxylation is 2.